The lowest BCUT2D eigenvalue weighted by atomic mass is 10.2. The van der Waals surface area contributed by atoms with Crippen LogP contribution in [-0.4, -0.2) is 6.61 Å². The molecule has 0 fully saturated rings. The monoisotopic (exact) mass is 197 g/mol. The average molecular weight is 198 g/mol. The van der Waals surface area contributed by atoms with Gasteiger partial charge in [-0.05, 0) is 17.7 Å². The third kappa shape index (κ3) is 2.76. The second-order valence-corrected chi connectivity index (χ2v) is 2.98. The van der Waals surface area contributed by atoms with Gasteiger partial charge in [-0.2, -0.15) is 0 Å². The second-order valence-electron chi connectivity index (χ2n) is 2.57. The van der Waals surface area contributed by atoms with Gasteiger partial charge in [0.2, 0.25) is 0 Å². The summed E-state index contributed by atoms with van der Waals surface area (Å²) in [7, 11) is 0. The van der Waals surface area contributed by atoms with Crippen molar-refractivity contribution in [2.45, 2.75) is 6.54 Å². The molecular weight excluding hydrogens is 186 g/mol. The van der Waals surface area contributed by atoms with E-state index in [9.17, 15) is 0 Å². The van der Waals surface area contributed by atoms with E-state index in [4.69, 9.17) is 22.1 Å². The maximum absolute atomic E-state index is 5.93. The summed E-state index contributed by atoms with van der Waals surface area (Å²) in [4.78, 5) is 0. The predicted octanol–water partition coefficient (Wildman–Crippen LogP) is 2.36. The lowest BCUT2D eigenvalue weighted by molar-refractivity contribution is 0.363. The Morgan fingerprint density at radius 1 is 1.54 bits per heavy atom. The van der Waals surface area contributed by atoms with Crippen LogP contribution in [0.1, 0.15) is 5.56 Å². The molecule has 0 atom stereocenters. The fraction of sp³-hybridized carbons (Fsp3) is 0.200. The highest BCUT2D eigenvalue weighted by molar-refractivity contribution is 6.32. The maximum Gasteiger partial charge on any atom is 0.138 e. The minimum atomic E-state index is 0.460. The zero-order valence-electron chi connectivity index (χ0n) is 7.29. The molecular formula is C10H12ClNO. The van der Waals surface area contributed by atoms with Crippen molar-refractivity contribution >= 4 is 11.6 Å². The molecule has 70 valence electrons. The van der Waals surface area contributed by atoms with Crippen LogP contribution in [0.3, 0.4) is 0 Å². The lowest BCUT2D eigenvalue weighted by Crippen LogP contribution is -1.98. The summed E-state index contributed by atoms with van der Waals surface area (Å²) in [6.45, 7) is 4.50. The Morgan fingerprint density at radius 3 is 2.85 bits per heavy atom. The van der Waals surface area contributed by atoms with E-state index in [1.807, 2.05) is 12.1 Å². The number of rotatable bonds is 4. The molecule has 0 aromatic heterocycles. The van der Waals surface area contributed by atoms with Crippen molar-refractivity contribution in [3.8, 4) is 5.75 Å². The summed E-state index contributed by atoms with van der Waals surface area (Å²) in [5.74, 6) is 0.666. The van der Waals surface area contributed by atoms with Crippen molar-refractivity contribution in [3.05, 3.63) is 41.4 Å². The lowest BCUT2D eigenvalue weighted by Gasteiger charge is -2.06. The van der Waals surface area contributed by atoms with Crippen LogP contribution in [-0.2, 0) is 6.54 Å². The Kier molecular flexibility index (Phi) is 3.80. The summed E-state index contributed by atoms with van der Waals surface area (Å²) in [6, 6.07) is 5.51. The van der Waals surface area contributed by atoms with Crippen molar-refractivity contribution in [1.29, 1.82) is 0 Å². The Bertz CT molecular complexity index is 299. The first-order valence-corrected chi connectivity index (χ1v) is 4.38. The SMILES string of the molecule is C=CCOc1ccc(CN)cc1Cl. The Labute approximate surface area is 83.0 Å². The molecule has 13 heavy (non-hydrogen) atoms. The van der Waals surface area contributed by atoms with Crippen LogP contribution in [0.4, 0.5) is 0 Å². The van der Waals surface area contributed by atoms with Crippen molar-refractivity contribution < 1.29 is 4.74 Å². The van der Waals surface area contributed by atoms with Gasteiger partial charge in [-0.1, -0.05) is 30.3 Å². The highest BCUT2D eigenvalue weighted by atomic mass is 35.5. The molecule has 1 aromatic carbocycles. The average Bonchev–Trinajstić information content (AvgIpc) is 2.16. The molecule has 0 radical (unpaired) electrons. The van der Waals surface area contributed by atoms with Crippen LogP contribution in [0, 0.1) is 0 Å². The summed E-state index contributed by atoms with van der Waals surface area (Å²) in [5.41, 5.74) is 6.45. The van der Waals surface area contributed by atoms with Crippen LogP contribution < -0.4 is 10.5 Å². The molecule has 0 heterocycles. The van der Waals surface area contributed by atoms with E-state index in [0.717, 1.165) is 5.56 Å². The quantitative estimate of drug-likeness (QED) is 0.753. The molecule has 1 aromatic rings. The number of benzene rings is 1. The fourth-order valence-electron chi connectivity index (χ4n) is 0.937. The number of hydrogen-bond donors (Lipinski definition) is 1. The zero-order valence-corrected chi connectivity index (χ0v) is 8.05. The highest BCUT2D eigenvalue weighted by Gasteiger charge is 2.00. The first kappa shape index (κ1) is 10.1. The molecule has 3 heteroatoms. The van der Waals surface area contributed by atoms with Crippen molar-refractivity contribution in [3.63, 3.8) is 0 Å². The van der Waals surface area contributed by atoms with Gasteiger partial charge >= 0.3 is 0 Å². The molecule has 0 bridgehead atoms. The second kappa shape index (κ2) is 4.90. The van der Waals surface area contributed by atoms with Gasteiger partial charge < -0.3 is 10.5 Å². The fourth-order valence-corrected chi connectivity index (χ4v) is 1.19. The molecule has 0 saturated heterocycles. The van der Waals surface area contributed by atoms with Crippen molar-refractivity contribution in [2.24, 2.45) is 5.73 Å². The first-order valence-electron chi connectivity index (χ1n) is 4.00. The summed E-state index contributed by atoms with van der Waals surface area (Å²) >= 11 is 5.93. The van der Waals surface area contributed by atoms with Gasteiger partial charge in [-0.25, -0.2) is 0 Å². The molecule has 0 spiro atoms. The van der Waals surface area contributed by atoms with Crippen molar-refractivity contribution in [2.75, 3.05) is 6.61 Å². The van der Waals surface area contributed by atoms with Crippen LogP contribution in [0.25, 0.3) is 0 Å². The molecule has 0 unspecified atom stereocenters. The van der Waals surface area contributed by atoms with E-state index in [2.05, 4.69) is 6.58 Å². The summed E-state index contributed by atoms with van der Waals surface area (Å²) < 4.78 is 5.29. The molecule has 0 amide bonds. The maximum atomic E-state index is 5.93. The zero-order chi connectivity index (χ0) is 9.68. The first-order chi connectivity index (χ1) is 6.27. The minimum Gasteiger partial charge on any atom is -0.488 e. The Hall–Kier alpha value is -0.990. The molecule has 1 rings (SSSR count). The Morgan fingerprint density at radius 2 is 2.31 bits per heavy atom. The van der Waals surface area contributed by atoms with Crippen LogP contribution in [0.2, 0.25) is 5.02 Å². The normalized spacial score (nSPS) is 9.69. The van der Waals surface area contributed by atoms with Gasteiger partial charge in [-0.3, -0.25) is 0 Å². The van der Waals surface area contributed by atoms with Crippen molar-refractivity contribution in [1.82, 2.24) is 0 Å². The standard InChI is InChI=1S/C10H12ClNO/c1-2-5-13-10-4-3-8(7-12)6-9(10)11/h2-4,6H,1,5,7,12H2. The van der Waals surface area contributed by atoms with Crippen LogP contribution in [0.5, 0.6) is 5.75 Å². The molecule has 0 aliphatic rings. The van der Waals surface area contributed by atoms with E-state index in [1.54, 1.807) is 12.1 Å². The van der Waals surface area contributed by atoms with E-state index in [0.29, 0.717) is 23.9 Å². The number of hydrogen-bond acceptors (Lipinski definition) is 2. The van der Waals surface area contributed by atoms with E-state index in [-0.39, 0.29) is 0 Å². The third-order valence-electron chi connectivity index (χ3n) is 1.59. The van der Waals surface area contributed by atoms with Gasteiger partial charge in [0.15, 0.2) is 0 Å². The van der Waals surface area contributed by atoms with E-state index >= 15 is 0 Å². The third-order valence-corrected chi connectivity index (χ3v) is 1.88. The smallest absolute Gasteiger partial charge is 0.138 e. The molecule has 2 N–H and O–H groups in total. The van der Waals surface area contributed by atoms with Gasteiger partial charge in [0.1, 0.15) is 12.4 Å². The Balaban J connectivity index is 2.78. The van der Waals surface area contributed by atoms with E-state index < -0.39 is 0 Å². The number of halogens is 1. The van der Waals surface area contributed by atoms with Crippen LogP contribution >= 0.6 is 11.6 Å². The topological polar surface area (TPSA) is 35.2 Å². The number of ether oxygens (including phenoxy) is 1. The highest BCUT2D eigenvalue weighted by Crippen LogP contribution is 2.25. The molecule has 2 nitrogen and oxygen atoms in total. The predicted molar refractivity (Wildman–Crippen MR) is 55.0 cm³/mol. The van der Waals surface area contributed by atoms with Gasteiger partial charge in [0, 0.05) is 6.54 Å². The van der Waals surface area contributed by atoms with Gasteiger partial charge in [0.05, 0.1) is 5.02 Å². The van der Waals surface area contributed by atoms with Crippen LogP contribution in [0.15, 0.2) is 30.9 Å². The molecule has 0 aliphatic heterocycles. The molecule has 0 saturated carbocycles. The summed E-state index contributed by atoms with van der Waals surface area (Å²) in [6.07, 6.45) is 1.67. The van der Waals surface area contributed by atoms with Gasteiger partial charge in [0.25, 0.3) is 0 Å². The number of nitrogens with two attached hydrogens (primary N) is 1. The van der Waals surface area contributed by atoms with Gasteiger partial charge in [-0.15, -0.1) is 0 Å². The minimum absolute atomic E-state index is 0.460. The summed E-state index contributed by atoms with van der Waals surface area (Å²) in [5, 5.41) is 0.588. The van der Waals surface area contributed by atoms with E-state index in [1.165, 1.54) is 0 Å². The molecule has 0 aliphatic carbocycles. The largest absolute Gasteiger partial charge is 0.488 e.